The van der Waals surface area contributed by atoms with Crippen LogP contribution in [0.4, 0.5) is 11.4 Å². The number of carbonyl (C=O) groups excluding carboxylic acids is 2. The average molecular weight is 359 g/mol. The summed E-state index contributed by atoms with van der Waals surface area (Å²) in [4.78, 5) is 35.1. The van der Waals surface area contributed by atoms with Crippen molar-refractivity contribution in [2.45, 2.75) is 18.6 Å². The fraction of sp³-hybridized carbons (Fsp3) is 0.333. The number of para-hydroxylation sites is 1. The van der Waals surface area contributed by atoms with Gasteiger partial charge in [0, 0.05) is 25.1 Å². The number of thioether (sulfide) groups is 1. The lowest BCUT2D eigenvalue weighted by atomic mass is 10.2. The highest BCUT2D eigenvalue weighted by Crippen LogP contribution is 2.38. The SMILES string of the molecule is CC(=O)SC1CC(=O)N(c2cccc(Br)c2[N+](=O)[O-])C1. The Balaban J connectivity index is 2.33. The van der Waals surface area contributed by atoms with Crippen molar-refractivity contribution < 1.29 is 14.5 Å². The van der Waals surface area contributed by atoms with Gasteiger partial charge in [0.2, 0.25) is 5.91 Å². The van der Waals surface area contributed by atoms with Crippen molar-refractivity contribution in [2.24, 2.45) is 0 Å². The first-order valence-electron chi connectivity index (χ1n) is 5.80. The van der Waals surface area contributed by atoms with Crippen LogP contribution in [0.1, 0.15) is 13.3 Å². The third-order valence-electron chi connectivity index (χ3n) is 2.86. The van der Waals surface area contributed by atoms with Crippen LogP contribution in [-0.2, 0) is 9.59 Å². The van der Waals surface area contributed by atoms with Crippen LogP contribution in [0.15, 0.2) is 22.7 Å². The highest BCUT2D eigenvalue weighted by atomic mass is 79.9. The molecule has 0 bridgehead atoms. The first-order chi connectivity index (χ1) is 9.40. The third kappa shape index (κ3) is 3.01. The molecule has 2 rings (SSSR count). The van der Waals surface area contributed by atoms with E-state index < -0.39 is 4.92 Å². The molecule has 1 atom stereocenters. The van der Waals surface area contributed by atoms with Crippen molar-refractivity contribution >= 4 is 50.1 Å². The number of hydrogen-bond acceptors (Lipinski definition) is 5. The molecule has 0 spiro atoms. The lowest BCUT2D eigenvalue weighted by molar-refractivity contribution is -0.384. The summed E-state index contributed by atoms with van der Waals surface area (Å²) in [5.74, 6) is -0.204. The zero-order chi connectivity index (χ0) is 14.9. The van der Waals surface area contributed by atoms with Gasteiger partial charge in [-0.3, -0.25) is 19.7 Å². The molecule has 1 saturated heterocycles. The molecule has 20 heavy (non-hydrogen) atoms. The molecule has 1 heterocycles. The minimum atomic E-state index is -0.516. The Hall–Kier alpha value is -1.41. The number of nitro benzene ring substituents is 1. The van der Waals surface area contributed by atoms with Gasteiger partial charge in [0.25, 0.3) is 0 Å². The Kier molecular flexibility index (Phi) is 4.44. The standard InChI is InChI=1S/C12H11BrN2O4S/c1-7(16)20-8-5-11(17)14(6-8)10-4-2-3-9(13)12(10)15(18)19/h2-4,8H,5-6H2,1H3. The van der Waals surface area contributed by atoms with E-state index in [1.807, 2.05) is 0 Å². The molecule has 6 nitrogen and oxygen atoms in total. The van der Waals surface area contributed by atoms with Crippen molar-refractivity contribution in [1.29, 1.82) is 0 Å². The minimum absolute atomic E-state index is 0.0617. The van der Waals surface area contributed by atoms with E-state index in [4.69, 9.17) is 0 Å². The van der Waals surface area contributed by atoms with Crippen LogP contribution < -0.4 is 4.90 Å². The van der Waals surface area contributed by atoms with E-state index in [-0.39, 0.29) is 34.1 Å². The van der Waals surface area contributed by atoms with Crippen LogP contribution in [0, 0.1) is 10.1 Å². The zero-order valence-electron chi connectivity index (χ0n) is 10.5. The molecule has 1 aliphatic rings. The van der Waals surface area contributed by atoms with E-state index in [1.54, 1.807) is 18.2 Å². The number of nitrogens with zero attached hydrogens (tertiary/aromatic N) is 2. The highest BCUT2D eigenvalue weighted by Gasteiger charge is 2.35. The largest absolute Gasteiger partial charge is 0.307 e. The molecule has 0 saturated carbocycles. The number of hydrogen-bond donors (Lipinski definition) is 0. The van der Waals surface area contributed by atoms with Gasteiger partial charge in [-0.25, -0.2) is 0 Å². The van der Waals surface area contributed by atoms with Gasteiger partial charge in [0.05, 0.1) is 9.40 Å². The fourth-order valence-electron chi connectivity index (χ4n) is 2.12. The van der Waals surface area contributed by atoms with Crippen LogP contribution in [0.2, 0.25) is 0 Å². The molecular formula is C12H11BrN2O4S. The molecule has 0 aromatic heterocycles. The summed E-state index contributed by atoms with van der Waals surface area (Å²) >= 11 is 4.23. The number of anilines is 1. The van der Waals surface area contributed by atoms with Crippen molar-refractivity contribution in [1.82, 2.24) is 0 Å². The Morgan fingerprint density at radius 3 is 2.85 bits per heavy atom. The maximum atomic E-state index is 12.0. The van der Waals surface area contributed by atoms with E-state index in [1.165, 1.54) is 11.8 Å². The second-order valence-electron chi connectivity index (χ2n) is 4.30. The number of halogens is 1. The predicted molar refractivity (Wildman–Crippen MR) is 79.8 cm³/mol. The average Bonchev–Trinajstić information content (AvgIpc) is 2.68. The molecule has 1 fully saturated rings. The predicted octanol–water partition coefficient (Wildman–Crippen LogP) is 2.74. The summed E-state index contributed by atoms with van der Waals surface area (Å²) in [5, 5.41) is 10.9. The first kappa shape index (κ1) is 15.0. The molecule has 1 aliphatic heterocycles. The van der Waals surface area contributed by atoms with Crippen LogP contribution in [-0.4, -0.2) is 27.7 Å². The monoisotopic (exact) mass is 358 g/mol. The Labute approximate surface area is 127 Å². The fourth-order valence-corrected chi connectivity index (χ4v) is 3.54. The number of nitro groups is 1. The molecular weight excluding hydrogens is 348 g/mol. The number of rotatable bonds is 3. The third-order valence-corrected chi connectivity index (χ3v) is 4.48. The first-order valence-corrected chi connectivity index (χ1v) is 7.48. The van der Waals surface area contributed by atoms with Gasteiger partial charge < -0.3 is 4.90 Å². The van der Waals surface area contributed by atoms with Crippen molar-refractivity contribution in [3.63, 3.8) is 0 Å². The maximum absolute atomic E-state index is 12.0. The molecule has 1 aromatic carbocycles. The van der Waals surface area contributed by atoms with Gasteiger partial charge >= 0.3 is 5.69 Å². The van der Waals surface area contributed by atoms with Crippen LogP contribution in [0.25, 0.3) is 0 Å². The van der Waals surface area contributed by atoms with Crippen LogP contribution >= 0.6 is 27.7 Å². The number of amides is 1. The van der Waals surface area contributed by atoms with E-state index in [0.29, 0.717) is 11.0 Å². The molecule has 0 radical (unpaired) electrons. The normalized spacial score (nSPS) is 18.4. The second kappa shape index (κ2) is 5.92. The molecule has 106 valence electrons. The number of benzene rings is 1. The summed E-state index contributed by atoms with van der Waals surface area (Å²) in [5.41, 5.74) is 0.135. The lowest BCUT2D eigenvalue weighted by Crippen LogP contribution is -2.25. The second-order valence-corrected chi connectivity index (χ2v) is 6.64. The van der Waals surface area contributed by atoms with Gasteiger partial charge in [-0.1, -0.05) is 17.8 Å². The number of carbonyl (C=O) groups is 2. The van der Waals surface area contributed by atoms with Crippen LogP contribution in [0.5, 0.6) is 0 Å². The Morgan fingerprint density at radius 1 is 1.55 bits per heavy atom. The zero-order valence-corrected chi connectivity index (χ0v) is 12.9. The Bertz CT molecular complexity index is 593. The summed E-state index contributed by atoms with van der Waals surface area (Å²) in [6.07, 6.45) is 0.216. The summed E-state index contributed by atoms with van der Waals surface area (Å²) in [6.45, 7) is 1.75. The van der Waals surface area contributed by atoms with E-state index in [0.717, 1.165) is 11.8 Å². The summed E-state index contributed by atoms with van der Waals surface area (Å²) in [7, 11) is 0. The van der Waals surface area contributed by atoms with Crippen molar-refractivity contribution in [2.75, 3.05) is 11.4 Å². The summed E-state index contributed by atoms with van der Waals surface area (Å²) < 4.78 is 0.329. The quantitative estimate of drug-likeness (QED) is 0.612. The van der Waals surface area contributed by atoms with Crippen molar-refractivity contribution in [3.8, 4) is 0 Å². The maximum Gasteiger partial charge on any atom is 0.307 e. The molecule has 1 amide bonds. The smallest absolute Gasteiger partial charge is 0.305 e. The van der Waals surface area contributed by atoms with Gasteiger partial charge in [0.15, 0.2) is 5.12 Å². The summed E-state index contributed by atoms with van der Waals surface area (Å²) in [6, 6.07) is 4.75. The van der Waals surface area contributed by atoms with E-state index >= 15 is 0 Å². The topological polar surface area (TPSA) is 80.5 Å². The molecule has 1 aromatic rings. The van der Waals surface area contributed by atoms with Gasteiger partial charge in [-0.15, -0.1) is 0 Å². The van der Waals surface area contributed by atoms with Gasteiger partial charge in [-0.05, 0) is 28.1 Å². The molecule has 1 unspecified atom stereocenters. The van der Waals surface area contributed by atoms with E-state index in [9.17, 15) is 19.7 Å². The molecule has 8 heteroatoms. The van der Waals surface area contributed by atoms with Crippen molar-refractivity contribution in [3.05, 3.63) is 32.8 Å². The molecule has 0 N–H and O–H groups in total. The van der Waals surface area contributed by atoms with Crippen LogP contribution in [0.3, 0.4) is 0 Å². The highest BCUT2D eigenvalue weighted by molar-refractivity contribution is 9.10. The van der Waals surface area contributed by atoms with Gasteiger partial charge in [0.1, 0.15) is 5.69 Å². The lowest BCUT2D eigenvalue weighted by Gasteiger charge is -2.16. The van der Waals surface area contributed by atoms with Gasteiger partial charge in [-0.2, -0.15) is 0 Å². The Morgan fingerprint density at radius 2 is 2.25 bits per heavy atom. The minimum Gasteiger partial charge on any atom is -0.305 e. The molecule has 0 aliphatic carbocycles. The van der Waals surface area contributed by atoms with E-state index in [2.05, 4.69) is 15.9 Å².